The van der Waals surface area contributed by atoms with E-state index in [2.05, 4.69) is 15.6 Å². The van der Waals surface area contributed by atoms with Crippen molar-refractivity contribution < 1.29 is 4.74 Å². The lowest BCUT2D eigenvalue weighted by atomic mass is 9.89. The van der Waals surface area contributed by atoms with Gasteiger partial charge in [0.05, 0.1) is 12.6 Å². The summed E-state index contributed by atoms with van der Waals surface area (Å²) in [5, 5.41) is 0. The summed E-state index contributed by atoms with van der Waals surface area (Å²) in [5.74, 6) is 2.14. The molecule has 0 radical (unpaired) electrons. The number of methoxy groups -OCH3 is 1. The maximum atomic E-state index is 6.09. The molecular weight excluding hydrogens is 238 g/mol. The summed E-state index contributed by atoms with van der Waals surface area (Å²) in [4.78, 5) is 4.47. The summed E-state index contributed by atoms with van der Waals surface area (Å²) in [6.07, 6.45) is 6.69. The fourth-order valence-corrected chi connectivity index (χ4v) is 3.12. The Labute approximate surface area is 113 Å². The number of para-hydroxylation sites is 1. The molecule has 0 aliphatic heterocycles. The van der Waals surface area contributed by atoms with Crippen molar-refractivity contribution in [3.05, 3.63) is 18.2 Å². The summed E-state index contributed by atoms with van der Waals surface area (Å²) >= 11 is 0. The number of rotatable bonds is 3. The number of imidazole rings is 1. The predicted octanol–water partition coefficient (Wildman–Crippen LogP) is 3.21. The molecule has 0 bridgehead atoms. The van der Waals surface area contributed by atoms with Crippen LogP contribution in [0, 0.1) is 5.92 Å². The van der Waals surface area contributed by atoms with E-state index in [1.807, 2.05) is 12.1 Å². The third-order valence-electron chi connectivity index (χ3n) is 4.16. The first-order valence-electron chi connectivity index (χ1n) is 7.08. The van der Waals surface area contributed by atoms with E-state index in [1.54, 1.807) is 7.11 Å². The fourth-order valence-electron chi connectivity index (χ4n) is 3.12. The summed E-state index contributed by atoms with van der Waals surface area (Å²) in [6.45, 7) is 0.982. The van der Waals surface area contributed by atoms with Gasteiger partial charge in [0.2, 0.25) is 5.95 Å². The standard InChI is InChI=1S/C15H21N3O/c1-19-13-9-5-8-12-14(13)17-15(16)18(12)10-11-6-3-2-4-7-11/h5,8-9,11H,2-4,6-7,10H2,1H3,(H2,16,17). The van der Waals surface area contributed by atoms with Crippen molar-refractivity contribution in [2.45, 2.75) is 38.6 Å². The van der Waals surface area contributed by atoms with Crippen LogP contribution in [0.5, 0.6) is 5.75 Å². The number of nitrogens with two attached hydrogens (primary N) is 1. The van der Waals surface area contributed by atoms with E-state index < -0.39 is 0 Å². The molecule has 19 heavy (non-hydrogen) atoms. The van der Waals surface area contributed by atoms with E-state index in [0.717, 1.165) is 29.2 Å². The Kier molecular flexibility index (Phi) is 3.32. The van der Waals surface area contributed by atoms with E-state index in [9.17, 15) is 0 Å². The summed E-state index contributed by atoms with van der Waals surface area (Å²) in [5.41, 5.74) is 8.05. The Morgan fingerprint density at radius 2 is 2.11 bits per heavy atom. The van der Waals surface area contributed by atoms with Crippen LogP contribution < -0.4 is 10.5 Å². The molecule has 0 unspecified atom stereocenters. The highest BCUT2D eigenvalue weighted by Gasteiger charge is 2.18. The molecule has 1 aliphatic carbocycles. The number of aromatic nitrogens is 2. The highest BCUT2D eigenvalue weighted by molar-refractivity contribution is 5.84. The lowest BCUT2D eigenvalue weighted by Gasteiger charge is -2.22. The van der Waals surface area contributed by atoms with E-state index in [-0.39, 0.29) is 0 Å². The van der Waals surface area contributed by atoms with Crippen molar-refractivity contribution in [1.82, 2.24) is 9.55 Å². The maximum Gasteiger partial charge on any atom is 0.201 e. The molecule has 0 saturated heterocycles. The van der Waals surface area contributed by atoms with Gasteiger partial charge in [0.25, 0.3) is 0 Å². The van der Waals surface area contributed by atoms with Gasteiger partial charge < -0.3 is 15.0 Å². The Bertz CT molecular complexity index is 570. The van der Waals surface area contributed by atoms with Crippen LogP contribution in [0.25, 0.3) is 11.0 Å². The Hall–Kier alpha value is -1.71. The lowest BCUT2D eigenvalue weighted by molar-refractivity contribution is 0.323. The average molecular weight is 259 g/mol. The summed E-state index contributed by atoms with van der Waals surface area (Å²) in [7, 11) is 1.67. The molecule has 1 fully saturated rings. The molecule has 3 rings (SSSR count). The van der Waals surface area contributed by atoms with Crippen LogP contribution in [0.1, 0.15) is 32.1 Å². The van der Waals surface area contributed by atoms with Crippen LogP contribution >= 0.6 is 0 Å². The molecule has 2 N–H and O–H groups in total. The van der Waals surface area contributed by atoms with Crippen LogP contribution in [-0.4, -0.2) is 16.7 Å². The van der Waals surface area contributed by atoms with Gasteiger partial charge in [-0.1, -0.05) is 25.3 Å². The van der Waals surface area contributed by atoms with Crippen molar-refractivity contribution in [3.8, 4) is 5.75 Å². The summed E-state index contributed by atoms with van der Waals surface area (Å²) < 4.78 is 7.50. The van der Waals surface area contributed by atoms with Crippen LogP contribution in [0.4, 0.5) is 5.95 Å². The average Bonchev–Trinajstić information content (AvgIpc) is 2.76. The van der Waals surface area contributed by atoms with Gasteiger partial charge in [-0.2, -0.15) is 0 Å². The first-order valence-corrected chi connectivity index (χ1v) is 7.08. The quantitative estimate of drug-likeness (QED) is 0.920. The first-order chi connectivity index (χ1) is 9.29. The largest absolute Gasteiger partial charge is 0.494 e. The second kappa shape index (κ2) is 5.11. The van der Waals surface area contributed by atoms with Crippen LogP contribution in [0.3, 0.4) is 0 Å². The third kappa shape index (κ3) is 2.27. The molecule has 4 nitrogen and oxygen atoms in total. The minimum Gasteiger partial charge on any atom is -0.494 e. The van der Waals surface area contributed by atoms with Gasteiger partial charge in [-0.05, 0) is 30.9 Å². The number of hydrogen-bond acceptors (Lipinski definition) is 3. The normalized spacial score (nSPS) is 16.9. The minimum atomic E-state index is 0.602. The molecule has 0 spiro atoms. The van der Waals surface area contributed by atoms with E-state index in [0.29, 0.717) is 5.95 Å². The molecule has 0 atom stereocenters. The second-order valence-corrected chi connectivity index (χ2v) is 5.41. The van der Waals surface area contributed by atoms with Gasteiger partial charge in [0, 0.05) is 6.54 Å². The van der Waals surface area contributed by atoms with Crippen molar-refractivity contribution in [2.24, 2.45) is 5.92 Å². The van der Waals surface area contributed by atoms with Crippen LogP contribution in [-0.2, 0) is 6.54 Å². The van der Waals surface area contributed by atoms with Gasteiger partial charge in [0.15, 0.2) is 0 Å². The number of anilines is 1. The van der Waals surface area contributed by atoms with Crippen molar-refractivity contribution in [3.63, 3.8) is 0 Å². The van der Waals surface area contributed by atoms with Crippen molar-refractivity contribution in [1.29, 1.82) is 0 Å². The number of nitrogens with zero attached hydrogens (tertiary/aromatic N) is 2. The lowest BCUT2D eigenvalue weighted by Crippen LogP contribution is -2.15. The van der Waals surface area contributed by atoms with E-state index >= 15 is 0 Å². The zero-order valence-electron chi connectivity index (χ0n) is 11.4. The number of nitrogen functional groups attached to an aromatic ring is 1. The van der Waals surface area contributed by atoms with Crippen LogP contribution in [0.2, 0.25) is 0 Å². The molecule has 4 heteroatoms. The minimum absolute atomic E-state index is 0.602. The SMILES string of the molecule is COc1cccc2c1nc(N)n2CC1CCCCC1. The van der Waals surface area contributed by atoms with Gasteiger partial charge in [0.1, 0.15) is 11.3 Å². The van der Waals surface area contributed by atoms with E-state index in [4.69, 9.17) is 10.5 Å². The Balaban J connectivity index is 1.96. The topological polar surface area (TPSA) is 53.1 Å². The van der Waals surface area contributed by atoms with Gasteiger partial charge in [-0.15, -0.1) is 0 Å². The molecule has 1 aromatic carbocycles. The third-order valence-corrected chi connectivity index (χ3v) is 4.16. The van der Waals surface area contributed by atoms with Gasteiger partial charge in [-0.25, -0.2) is 4.98 Å². The molecular formula is C15H21N3O. The molecule has 1 aromatic heterocycles. The Morgan fingerprint density at radius 1 is 1.32 bits per heavy atom. The highest BCUT2D eigenvalue weighted by Crippen LogP contribution is 2.30. The van der Waals surface area contributed by atoms with Crippen LogP contribution in [0.15, 0.2) is 18.2 Å². The molecule has 102 valence electrons. The van der Waals surface area contributed by atoms with Gasteiger partial charge in [-0.3, -0.25) is 0 Å². The smallest absolute Gasteiger partial charge is 0.201 e. The van der Waals surface area contributed by atoms with E-state index in [1.165, 1.54) is 32.1 Å². The second-order valence-electron chi connectivity index (χ2n) is 5.41. The predicted molar refractivity (Wildman–Crippen MR) is 77.3 cm³/mol. The number of ether oxygens (including phenoxy) is 1. The molecule has 0 amide bonds. The monoisotopic (exact) mass is 259 g/mol. The first kappa shape index (κ1) is 12.3. The molecule has 2 aromatic rings. The molecule has 1 saturated carbocycles. The zero-order chi connectivity index (χ0) is 13.2. The maximum absolute atomic E-state index is 6.09. The zero-order valence-corrected chi connectivity index (χ0v) is 11.4. The summed E-state index contributed by atoms with van der Waals surface area (Å²) in [6, 6.07) is 6.00. The molecule has 1 heterocycles. The molecule has 1 aliphatic rings. The van der Waals surface area contributed by atoms with Crippen molar-refractivity contribution >= 4 is 17.0 Å². The highest BCUT2D eigenvalue weighted by atomic mass is 16.5. The number of fused-ring (bicyclic) bond motifs is 1. The van der Waals surface area contributed by atoms with Gasteiger partial charge >= 0.3 is 0 Å². The fraction of sp³-hybridized carbons (Fsp3) is 0.533. The number of benzene rings is 1. The van der Waals surface area contributed by atoms with Crippen molar-refractivity contribution in [2.75, 3.05) is 12.8 Å². The Morgan fingerprint density at radius 3 is 2.84 bits per heavy atom. The number of hydrogen-bond donors (Lipinski definition) is 1.